The fraction of sp³-hybridized carbons (Fsp3) is 0.0625. The highest BCUT2D eigenvalue weighted by Gasteiger charge is 2.08. The van der Waals surface area contributed by atoms with Crippen LogP contribution in [0.2, 0.25) is 0 Å². The predicted molar refractivity (Wildman–Crippen MR) is 83.8 cm³/mol. The first-order valence-electron chi connectivity index (χ1n) is 6.24. The van der Waals surface area contributed by atoms with E-state index in [4.69, 9.17) is 5.26 Å². The minimum atomic E-state index is -0.411. The van der Waals surface area contributed by atoms with Crippen LogP contribution in [0.15, 0.2) is 58.7 Å². The Labute approximate surface area is 131 Å². The highest BCUT2D eigenvalue weighted by Crippen LogP contribution is 2.13. The summed E-state index contributed by atoms with van der Waals surface area (Å²) in [5, 5.41) is 11.8. The summed E-state index contributed by atoms with van der Waals surface area (Å²) in [6.07, 6.45) is 3.21. The summed E-state index contributed by atoms with van der Waals surface area (Å²) in [6, 6.07) is 14.7. The second-order valence-corrected chi connectivity index (χ2v) is 5.14. The third-order valence-corrected chi connectivity index (χ3v) is 3.23. The molecule has 104 valence electrons. The summed E-state index contributed by atoms with van der Waals surface area (Å²) in [5.41, 5.74) is 1.60. The Morgan fingerprint density at radius 2 is 2.05 bits per heavy atom. The van der Waals surface area contributed by atoms with Crippen LogP contribution < -0.4 is 5.32 Å². The van der Waals surface area contributed by atoms with Gasteiger partial charge in [0.2, 0.25) is 0 Å². The van der Waals surface area contributed by atoms with Crippen LogP contribution in [-0.4, -0.2) is 10.9 Å². The molecule has 0 unspecified atom stereocenters. The SMILES string of the molecule is N#C/C(=C\c1ccc(Br)cc1)C(=O)NCc1ccccn1. The van der Waals surface area contributed by atoms with Crippen LogP contribution in [-0.2, 0) is 11.3 Å². The molecule has 2 rings (SSSR count). The van der Waals surface area contributed by atoms with Crippen molar-refractivity contribution in [2.75, 3.05) is 0 Å². The Balaban J connectivity index is 2.05. The standard InChI is InChI=1S/C16H12BrN3O/c17-14-6-4-12(5-7-14)9-13(10-18)16(21)20-11-15-3-1-2-8-19-15/h1-9H,11H2,(H,20,21)/b13-9+. The van der Waals surface area contributed by atoms with Gasteiger partial charge in [-0.1, -0.05) is 34.1 Å². The van der Waals surface area contributed by atoms with Crippen molar-refractivity contribution in [2.24, 2.45) is 0 Å². The Bertz CT molecular complexity index is 688. The number of hydrogen-bond acceptors (Lipinski definition) is 3. The first-order valence-corrected chi connectivity index (χ1v) is 7.04. The molecule has 0 aliphatic heterocycles. The van der Waals surface area contributed by atoms with Gasteiger partial charge in [0.05, 0.1) is 12.2 Å². The van der Waals surface area contributed by atoms with Gasteiger partial charge in [-0.3, -0.25) is 9.78 Å². The van der Waals surface area contributed by atoms with Crippen molar-refractivity contribution in [3.05, 3.63) is 70.0 Å². The average Bonchev–Trinajstić information content (AvgIpc) is 2.53. The zero-order chi connectivity index (χ0) is 15.1. The second kappa shape index (κ2) is 7.36. The van der Waals surface area contributed by atoms with E-state index in [0.717, 1.165) is 15.7 Å². The molecule has 0 saturated heterocycles. The minimum absolute atomic E-state index is 0.0632. The number of hydrogen-bond donors (Lipinski definition) is 1. The molecular weight excluding hydrogens is 330 g/mol. The van der Waals surface area contributed by atoms with Crippen LogP contribution in [0, 0.1) is 11.3 Å². The molecule has 1 heterocycles. The number of carbonyl (C=O) groups is 1. The molecule has 0 spiro atoms. The quantitative estimate of drug-likeness (QED) is 0.686. The van der Waals surface area contributed by atoms with Crippen molar-refractivity contribution in [1.29, 1.82) is 5.26 Å². The number of pyridine rings is 1. The van der Waals surface area contributed by atoms with Crippen molar-refractivity contribution in [3.63, 3.8) is 0 Å². The number of rotatable bonds is 4. The van der Waals surface area contributed by atoms with E-state index in [1.165, 1.54) is 0 Å². The monoisotopic (exact) mass is 341 g/mol. The number of nitriles is 1. The van der Waals surface area contributed by atoms with E-state index in [0.29, 0.717) is 6.54 Å². The van der Waals surface area contributed by atoms with Gasteiger partial charge in [-0.2, -0.15) is 5.26 Å². The lowest BCUT2D eigenvalue weighted by atomic mass is 10.1. The van der Waals surface area contributed by atoms with E-state index < -0.39 is 5.91 Å². The fourth-order valence-corrected chi connectivity index (χ4v) is 1.91. The molecule has 0 aliphatic rings. The van der Waals surface area contributed by atoms with Crippen molar-refractivity contribution in [1.82, 2.24) is 10.3 Å². The number of halogens is 1. The number of aromatic nitrogens is 1. The Kier molecular flexibility index (Phi) is 5.24. The summed E-state index contributed by atoms with van der Waals surface area (Å²) in [5.74, 6) is -0.411. The Morgan fingerprint density at radius 3 is 2.67 bits per heavy atom. The topological polar surface area (TPSA) is 65.8 Å². The molecule has 4 nitrogen and oxygen atoms in total. The van der Waals surface area contributed by atoms with Crippen molar-refractivity contribution < 1.29 is 4.79 Å². The summed E-state index contributed by atoms with van der Waals surface area (Å²) in [4.78, 5) is 16.1. The van der Waals surface area contributed by atoms with Crippen molar-refractivity contribution in [2.45, 2.75) is 6.54 Å². The van der Waals surface area contributed by atoms with E-state index in [-0.39, 0.29) is 5.57 Å². The van der Waals surface area contributed by atoms with Crippen LogP contribution >= 0.6 is 15.9 Å². The number of nitrogens with one attached hydrogen (secondary N) is 1. The lowest BCUT2D eigenvalue weighted by Gasteiger charge is -2.03. The molecule has 2 aromatic rings. The summed E-state index contributed by atoms with van der Waals surface area (Å²) >= 11 is 3.34. The molecule has 0 fully saturated rings. The van der Waals surface area contributed by atoms with Gasteiger partial charge in [-0.15, -0.1) is 0 Å². The normalized spacial score (nSPS) is 10.8. The average molecular weight is 342 g/mol. The smallest absolute Gasteiger partial charge is 0.262 e. The van der Waals surface area contributed by atoms with Crippen LogP contribution in [0.1, 0.15) is 11.3 Å². The lowest BCUT2D eigenvalue weighted by Crippen LogP contribution is -2.24. The molecule has 0 bridgehead atoms. The van der Waals surface area contributed by atoms with E-state index in [1.54, 1.807) is 18.3 Å². The van der Waals surface area contributed by atoms with Crippen LogP contribution in [0.5, 0.6) is 0 Å². The number of benzene rings is 1. The molecule has 0 atom stereocenters. The van der Waals surface area contributed by atoms with E-state index in [9.17, 15) is 4.79 Å². The van der Waals surface area contributed by atoms with Gasteiger partial charge in [0.1, 0.15) is 11.6 Å². The van der Waals surface area contributed by atoms with E-state index in [1.807, 2.05) is 42.5 Å². The molecule has 1 aromatic carbocycles. The van der Waals surface area contributed by atoms with Gasteiger partial charge < -0.3 is 5.32 Å². The number of amides is 1. The zero-order valence-electron chi connectivity index (χ0n) is 11.1. The molecule has 0 aliphatic carbocycles. The third-order valence-electron chi connectivity index (χ3n) is 2.70. The summed E-state index contributed by atoms with van der Waals surface area (Å²) in [7, 11) is 0. The van der Waals surface area contributed by atoms with Crippen LogP contribution in [0.4, 0.5) is 0 Å². The maximum atomic E-state index is 12.0. The van der Waals surface area contributed by atoms with E-state index >= 15 is 0 Å². The van der Waals surface area contributed by atoms with Gasteiger partial charge in [-0.25, -0.2) is 0 Å². The molecule has 0 radical (unpaired) electrons. The van der Waals surface area contributed by atoms with Crippen molar-refractivity contribution in [3.8, 4) is 6.07 Å². The largest absolute Gasteiger partial charge is 0.346 e. The van der Waals surface area contributed by atoms with Crippen LogP contribution in [0.25, 0.3) is 6.08 Å². The highest BCUT2D eigenvalue weighted by molar-refractivity contribution is 9.10. The summed E-state index contributed by atoms with van der Waals surface area (Å²) < 4.78 is 0.942. The maximum Gasteiger partial charge on any atom is 0.262 e. The highest BCUT2D eigenvalue weighted by atomic mass is 79.9. The fourth-order valence-electron chi connectivity index (χ4n) is 1.64. The molecule has 1 N–H and O–H groups in total. The van der Waals surface area contributed by atoms with Crippen molar-refractivity contribution >= 4 is 27.9 Å². The van der Waals surface area contributed by atoms with Gasteiger partial charge in [0, 0.05) is 10.7 Å². The Morgan fingerprint density at radius 1 is 1.29 bits per heavy atom. The van der Waals surface area contributed by atoms with Gasteiger partial charge in [0.15, 0.2) is 0 Å². The number of nitrogens with zero attached hydrogens (tertiary/aromatic N) is 2. The van der Waals surface area contributed by atoms with E-state index in [2.05, 4.69) is 26.2 Å². The molecule has 1 amide bonds. The predicted octanol–water partition coefficient (Wildman–Crippen LogP) is 3.07. The third kappa shape index (κ3) is 4.55. The summed E-state index contributed by atoms with van der Waals surface area (Å²) in [6.45, 7) is 0.291. The molecule has 1 aromatic heterocycles. The second-order valence-electron chi connectivity index (χ2n) is 4.23. The number of carbonyl (C=O) groups excluding carboxylic acids is 1. The van der Waals surface area contributed by atoms with Gasteiger partial charge in [-0.05, 0) is 35.9 Å². The molecular formula is C16H12BrN3O. The zero-order valence-corrected chi connectivity index (χ0v) is 12.7. The molecule has 0 saturated carbocycles. The van der Waals surface area contributed by atoms with Gasteiger partial charge in [0.25, 0.3) is 5.91 Å². The molecule has 5 heteroatoms. The maximum absolute atomic E-state index is 12.0. The van der Waals surface area contributed by atoms with Crippen LogP contribution in [0.3, 0.4) is 0 Å². The molecule has 21 heavy (non-hydrogen) atoms. The lowest BCUT2D eigenvalue weighted by molar-refractivity contribution is -0.117. The first-order chi connectivity index (χ1) is 10.2. The minimum Gasteiger partial charge on any atom is -0.346 e. The first kappa shape index (κ1) is 14.9. The Hall–Kier alpha value is -2.45. The van der Waals surface area contributed by atoms with Gasteiger partial charge >= 0.3 is 0 Å².